The fourth-order valence-electron chi connectivity index (χ4n) is 7.56. The molecule has 0 unspecified atom stereocenters. The van der Waals surface area contributed by atoms with Crippen LogP contribution in [0.4, 0.5) is 4.39 Å². The molecule has 4 aromatic carbocycles. The average Bonchev–Trinajstić information content (AvgIpc) is 3.40. The van der Waals surface area contributed by atoms with E-state index in [2.05, 4.69) is 124 Å². The SMILES string of the molecule is Cc1ccc2c(oc3c(-c4ccc(C5CCC(c6ccccc6)CC5)cc4)c(F)ccc32)c1-c1cc(CC(C)(C)C)cc[n+]1C. The molecule has 0 aliphatic heterocycles. The first kappa shape index (κ1) is 29.5. The normalized spacial score (nSPS) is 17.3. The predicted octanol–water partition coefficient (Wildman–Crippen LogP) is 11.2. The van der Waals surface area contributed by atoms with Crippen molar-refractivity contribution in [2.75, 3.05) is 0 Å². The van der Waals surface area contributed by atoms with Crippen molar-refractivity contribution in [1.82, 2.24) is 0 Å². The zero-order chi connectivity index (χ0) is 31.3. The zero-order valence-corrected chi connectivity index (χ0v) is 27.2. The van der Waals surface area contributed by atoms with E-state index >= 15 is 4.39 Å². The molecule has 0 radical (unpaired) electrons. The predicted molar refractivity (Wildman–Crippen MR) is 184 cm³/mol. The van der Waals surface area contributed by atoms with E-state index in [0.717, 1.165) is 45.2 Å². The Morgan fingerprint density at radius 2 is 1.33 bits per heavy atom. The third-order valence-corrected chi connectivity index (χ3v) is 9.84. The highest BCUT2D eigenvalue weighted by Gasteiger charge is 2.26. The standard InChI is InChI=1S/C42H43FNO/c1-27-11-20-34-35-21-22-36(43)39(41(35)45-40(34)38(27)37-25-28(23-24-44(37)5)26-42(2,3)4)33-18-16-32(17-19-33)31-14-12-30(13-15-31)29-9-7-6-8-10-29/h6-11,16-25,30-31H,12-15,26H2,1-5H3/q+1. The van der Waals surface area contributed by atoms with Gasteiger partial charge in [0.15, 0.2) is 6.20 Å². The monoisotopic (exact) mass is 596 g/mol. The Balaban J connectivity index is 1.25. The Morgan fingerprint density at radius 3 is 1.98 bits per heavy atom. The van der Waals surface area contributed by atoms with Crippen LogP contribution in [0, 0.1) is 18.2 Å². The van der Waals surface area contributed by atoms with Gasteiger partial charge in [0, 0.05) is 22.9 Å². The van der Waals surface area contributed by atoms with Crippen LogP contribution in [0.3, 0.4) is 0 Å². The fourth-order valence-corrected chi connectivity index (χ4v) is 7.56. The molecule has 0 bridgehead atoms. The molecule has 228 valence electrons. The van der Waals surface area contributed by atoms with Crippen LogP contribution in [0.5, 0.6) is 0 Å². The van der Waals surface area contributed by atoms with Crippen molar-refractivity contribution in [3.8, 4) is 22.4 Å². The molecule has 3 heteroatoms. The van der Waals surface area contributed by atoms with E-state index in [1.165, 1.54) is 42.4 Å². The Bertz CT molecular complexity index is 1990. The topological polar surface area (TPSA) is 17.0 Å². The molecule has 0 saturated heterocycles. The molecular weight excluding hydrogens is 553 g/mol. The Hall–Kier alpha value is -4.24. The number of halogens is 1. The first-order chi connectivity index (χ1) is 21.7. The molecule has 45 heavy (non-hydrogen) atoms. The van der Waals surface area contributed by atoms with Crippen LogP contribution in [-0.4, -0.2) is 0 Å². The van der Waals surface area contributed by atoms with Gasteiger partial charge in [-0.25, -0.2) is 8.96 Å². The molecule has 1 aliphatic carbocycles. The van der Waals surface area contributed by atoms with Gasteiger partial charge in [-0.15, -0.1) is 0 Å². The number of hydrogen-bond acceptors (Lipinski definition) is 1. The van der Waals surface area contributed by atoms with Crippen LogP contribution in [0.1, 0.15) is 80.5 Å². The lowest BCUT2D eigenvalue weighted by molar-refractivity contribution is -0.660. The summed E-state index contributed by atoms with van der Waals surface area (Å²) in [6.07, 6.45) is 7.91. The number of furan rings is 1. The molecule has 1 saturated carbocycles. The molecule has 2 aromatic heterocycles. The molecule has 0 spiro atoms. The number of hydrogen-bond donors (Lipinski definition) is 0. The summed E-state index contributed by atoms with van der Waals surface area (Å²) in [5.41, 5.74) is 10.4. The number of rotatable bonds is 5. The largest absolute Gasteiger partial charge is 0.454 e. The van der Waals surface area contributed by atoms with E-state index in [1.54, 1.807) is 6.07 Å². The van der Waals surface area contributed by atoms with Gasteiger partial charge in [0.05, 0.1) is 11.1 Å². The van der Waals surface area contributed by atoms with Crippen LogP contribution in [0.2, 0.25) is 0 Å². The minimum Gasteiger partial charge on any atom is -0.454 e. The summed E-state index contributed by atoms with van der Waals surface area (Å²) in [6.45, 7) is 8.93. The number of pyridine rings is 1. The summed E-state index contributed by atoms with van der Waals surface area (Å²) < 4.78 is 24.6. The van der Waals surface area contributed by atoms with Gasteiger partial charge in [-0.3, -0.25) is 0 Å². The average molecular weight is 597 g/mol. The summed E-state index contributed by atoms with van der Waals surface area (Å²) in [4.78, 5) is 0. The highest BCUT2D eigenvalue weighted by Crippen LogP contribution is 2.44. The van der Waals surface area contributed by atoms with Crippen molar-refractivity contribution in [3.05, 3.63) is 125 Å². The van der Waals surface area contributed by atoms with E-state index < -0.39 is 0 Å². The maximum atomic E-state index is 15.7. The van der Waals surface area contributed by atoms with E-state index in [9.17, 15) is 0 Å². The number of benzene rings is 4. The summed E-state index contributed by atoms with van der Waals surface area (Å²) in [5, 5.41) is 1.96. The van der Waals surface area contributed by atoms with Crippen molar-refractivity contribution in [1.29, 1.82) is 0 Å². The molecule has 1 aliphatic rings. The second-order valence-electron chi connectivity index (χ2n) is 14.4. The van der Waals surface area contributed by atoms with E-state index in [4.69, 9.17) is 4.42 Å². The molecule has 2 nitrogen and oxygen atoms in total. The maximum absolute atomic E-state index is 15.7. The van der Waals surface area contributed by atoms with Gasteiger partial charge in [0.25, 0.3) is 0 Å². The van der Waals surface area contributed by atoms with Crippen LogP contribution in [0.15, 0.2) is 102 Å². The number of aryl methyl sites for hydroxylation is 2. The quantitative estimate of drug-likeness (QED) is 0.181. The lowest BCUT2D eigenvalue weighted by Gasteiger charge is -2.29. The Morgan fingerprint density at radius 1 is 0.733 bits per heavy atom. The van der Waals surface area contributed by atoms with Crippen LogP contribution in [0.25, 0.3) is 44.3 Å². The molecule has 6 aromatic rings. The summed E-state index contributed by atoms with van der Waals surface area (Å²) in [6, 6.07) is 31.7. The number of fused-ring (bicyclic) bond motifs is 3. The molecule has 0 amide bonds. The summed E-state index contributed by atoms with van der Waals surface area (Å²) >= 11 is 0. The molecule has 0 N–H and O–H groups in total. The van der Waals surface area contributed by atoms with E-state index in [-0.39, 0.29) is 11.2 Å². The van der Waals surface area contributed by atoms with Crippen molar-refractivity contribution < 1.29 is 13.4 Å². The number of nitrogens with zero attached hydrogens (tertiary/aromatic N) is 1. The van der Waals surface area contributed by atoms with E-state index in [0.29, 0.717) is 23.0 Å². The van der Waals surface area contributed by atoms with Gasteiger partial charge in [0.1, 0.15) is 24.0 Å². The second-order valence-corrected chi connectivity index (χ2v) is 14.4. The van der Waals surface area contributed by atoms with Gasteiger partial charge >= 0.3 is 0 Å². The van der Waals surface area contributed by atoms with Crippen molar-refractivity contribution in [2.24, 2.45) is 12.5 Å². The lowest BCUT2D eigenvalue weighted by atomic mass is 9.76. The molecule has 2 heterocycles. The maximum Gasteiger partial charge on any atom is 0.216 e. The Labute approximate surface area is 266 Å². The molecule has 0 atom stereocenters. The molecule has 7 rings (SSSR count). The Kier molecular flexibility index (Phi) is 7.60. The van der Waals surface area contributed by atoms with Crippen LogP contribution >= 0.6 is 0 Å². The summed E-state index contributed by atoms with van der Waals surface area (Å²) in [7, 11) is 2.08. The van der Waals surface area contributed by atoms with Gasteiger partial charge in [-0.05, 0) is 96.2 Å². The molecule has 1 fully saturated rings. The smallest absolute Gasteiger partial charge is 0.216 e. The fraction of sp³-hybridized carbons (Fsp3) is 0.310. The van der Waals surface area contributed by atoms with Crippen LogP contribution in [-0.2, 0) is 13.5 Å². The summed E-state index contributed by atoms with van der Waals surface area (Å²) in [5.74, 6) is 0.943. The van der Waals surface area contributed by atoms with Crippen LogP contribution < -0.4 is 4.57 Å². The highest BCUT2D eigenvalue weighted by molar-refractivity contribution is 6.13. The first-order valence-corrected chi connectivity index (χ1v) is 16.4. The second kappa shape index (κ2) is 11.6. The van der Waals surface area contributed by atoms with Gasteiger partial charge in [0.2, 0.25) is 5.69 Å². The van der Waals surface area contributed by atoms with Gasteiger partial charge in [-0.2, -0.15) is 0 Å². The van der Waals surface area contributed by atoms with Crippen molar-refractivity contribution in [2.45, 2.75) is 71.6 Å². The van der Waals surface area contributed by atoms with Gasteiger partial charge < -0.3 is 4.42 Å². The van der Waals surface area contributed by atoms with Crippen molar-refractivity contribution in [3.63, 3.8) is 0 Å². The number of aromatic nitrogens is 1. The highest BCUT2D eigenvalue weighted by atomic mass is 19.1. The lowest BCUT2D eigenvalue weighted by Crippen LogP contribution is -2.31. The molecular formula is C42H43FNO+. The zero-order valence-electron chi connectivity index (χ0n) is 27.2. The van der Waals surface area contributed by atoms with E-state index in [1.807, 2.05) is 6.07 Å². The minimum absolute atomic E-state index is 0.182. The third-order valence-electron chi connectivity index (χ3n) is 9.84. The minimum atomic E-state index is -0.256. The van der Waals surface area contributed by atoms with Crippen molar-refractivity contribution >= 4 is 21.9 Å². The first-order valence-electron chi connectivity index (χ1n) is 16.4. The third kappa shape index (κ3) is 5.70. The van der Waals surface area contributed by atoms with Gasteiger partial charge in [-0.1, -0.05) is 87.5 Å².